The summed E-state index contributed by atoms with van der Waals surface area (Å²) in [5.41, 5.74) is 2.35. The molecule has 3 rings (SSSR count). The summed E-state index contributed by atoms with van der Waals surface area (Å²) in [6.07, 6.45) is 1.69. The first-order chi connectivity index (χ1) is 10.8. The van der Waals surface area contributed by atoms with Gasteiger partial charge in [0.1, 0.15) is 5.75 Å². The molecule has 1 N–H and O–H groups in total. The average molecular weight is 297 g/mol. The van der Waals surface area contributed by atoms with Gasteiger partial charge in [-0.3, -0.25) is 0 Å². The van der Waals surface area contributed by atoms with E-state index >= 15 is 0 Å². The molecule has 114 valence electrons. The Bertz CT molecular complexity index is 669. The Morgan fingerprint density at radius 3 is 2.91 bits per heavy atom. The number of hydrogen-bond acceptors (Lipinski definition) is 4. The lowest BCUT2D eigenvalue weighted by Crippen LogP contribution is -2.10. The largest absolute Gasteiger partial charge is 0.494 e. The predicted molar refractivity (Wildman–Crippen MR) is 85.1 cm³/mol. The van der Waals surface area contributed by atoms with Gasteiger partial charge in [-0.25, -0.2) is 4.79 Å². The maximum absolute atomic E-state index is 11.8. The molecule has 0 fully saturated rings. The molecule has 4 heteroatoms. The van der Waals surface area contributed by atoms with Crippen LogP contribution >= 0.6 is 0 Å². The quantitative estimate of drug-likeness (QED) is 0.643. The lowest BCUT2D eigenvalue weighted by Gasteiger charge is -2.15. The molecule has 2 aromatic rings. The molecule has 0 saturated heterocycles. The predicted octanol–water partition coefficient (Wildman–Crippen LogP) is 4.15. The number of rotatable bonds is 6. The van der Waals surface area contributed by atoms with Crippen molar-refractivity contribution in [2.75, 3.05) is 11.9 Å². The average Bonchev–Trinajstić information content (AvgIpc) is 2.85. The number of unbranched alkanes of at least 4 members (excludes halogenated alkanes) is 1. The Morgan fingerprint density at radius 2 is 2.05 bits per heavy atom. The fraction of sp³-hybridized carbons (Fsp3) is 0.278. The Hall–Kier alpha value is -2.49. The highest BCUT2D eigenvalue weighted by Gasteiger charge is 2.30. The number of hydrogen-bond donors (Lipinski definition) is 1. The van der Waals surface area contributed by atoms with E-state index in [1.54, 1.807) is 6.07 Å². The van der Waals surface area contributed by atoms with Gasteiger partial charge in [0.15, 0.2) is 0 Å². The first kappa shape index (κ1) is 14.4. The number of cyclic esters (lactones) is 1. The Morgan fingerprint density at radius 1 is 1.18 bits per heavy atom. The van der Waals surface area contributed by atoms with E-state index in [1.165, 1.54) is 0 Å². The van der Waals surface area contributed by atoms with Gasteiger partial charge in [0.2, 0.25) is 6.23 Å². The minimum Gasteiger partial charge on any atom is -0.494 e. The zero-order chi connectivity index (χ0) is 15.4. The highest BCUT2D eigenvalue weighted by molar-refractivity contribution is 5.94. The minimum atomic E-state index is -0.449. The summed E-state index contributed by atoms with van der Waals surface area (Å²) in [6.45, 7) is 2.84. The Balaban J connectivity index is 1.72. The molecular formula is C18H19NO3. The highest BCUT2D eigenvalue weighted by Crippen LogP contribution is 2.32. The van der Waals surface area contributed by atoms with Crippen LogP contribution < -0.4 is 10.1 Å². The summed E-state index contributed by atoms with van der Waals surface area (Å²) in [4.78, 5) is 11.8. The zero-order valence-corrected chi connectivity index (χ0v) is 12.5. The van der Waals surface area contributed by atoms with Gasteiger partial charge in [-0.15, -0.1) is 0 Å². The van der Waals surface area contributed by atoms with Crippen molar-refractivity contribution >= 4 is 11.7 Å². The first-order valence-electron chi connectivity index (χ1n) is 7.57. The third kappa shape index (κ3) is 3.06. The van der Waals surface area contributed by atoms with Crippen LogP contribution in [-0.2, 0) is 4.74 Å². The molecule has 1 atom stereocenters. The molecule has 0 amide bonds. The Kier molecular flexibility index (Phi) is 4.28. The van der Waals surface area contributed by atoms with Crippen molar-refractivity contribution in [1.29, 1.82) is 0 Å². The van der Waals surface area contributed by atoms with Crippen LogP contribution in [0.4, 0.5) is 5.69 Å². The van der Waals surface area contributed by atoms with E-state index in [0.29, 0.717) is 12.2 Å². The number of carbonyl (C=O) groups is 1. The van der Waals surface area contributed by atoms with Crippen molar-refractivity contribution < 1.29 is 14.3 Å². The zero-order valence-electron chi connectivity index (χ0n) is 12.5. The lowest BCUT2D eigenvalue weighted by molar-refractivity contribution is 0.0437. The second-order valence-corrected chi connectivity index (χ2v) is 5.25. The third-order valence-electron chi connectivity index (χ3n) is 3.59. The molecule has 0 radical (unpaired) electrons. The fourth-order valence-electron chi connectivity index (χ4n) is 2.41. The van der Waals surface area contributed by atoms with Gasteiger partial charge in [0.25, 0.3) is 0 Å². The second kappa shape index (κ2) is 6.52. The molecule has 0 aromatic heterocycles. The summed E-state index contributed by atoms with van der Waals surface area (Å²) in [7, 11) is 0. The minimum absolute atomic E-state index is 0.288. The van der Waals surface area contributed by atoms with Gasteiger partial charge >= 0.3 is 5.97 Å². The van der Waals surface area contributed by atoms with Crippen LogP contribution in [0.5, 0.6) is 5.75 Å². The number of esters is 1. The van der Waals surface area contributed by atoms with Gasteiger partial charge in [-0.05, 0) is 24.6 Å². The van der Waals surface area contributed by atoms with E-state index in [9.17, 15) is 4.79 Å². The number of benzene rings is 2. The van der Waals surface area contributed by atoms with E-state index < -0.39 is 6.23 Å². The number of ether oxygens (including phenoxy) is 2. The highest BCUT2D eigenvalue weighted by atomic mass is 16.6. The molecule has 2 aromatic carbocycles. The van der Waals surface area contributed by atoms with Crippen molar-refractivity contribution in [3.05, 3.63) is 59.7 Å². The van der Waals surface area contributed by atoms with Crippen LogP contribution in [0.3, 0.4) is 0 Å². The second-order valence-electron chi connectivity index (χ2n) is 5.25. The first-order valence-corrected chi connectivity index (χ1v) is 7.57. The van der Waals surface area contributed by atoms with Gasteiger partial charge in [-0.2, -0.15) is 0 Å². The molecule has 1 heterocycles. The molecule has 0 saturated carbocycles. The van der Waals surface area contributed by atoms with E-state index in [2.05, 4.69) is 12.2 Å². The number of fused-ring (bicyclic) bond motifs is 1. The monoisotopic (exact) mass is 297 g/mol. The van der Waals surface area contributed by atoms with Crippen LogP contribution in [0.1, 0.15) is 41.9 Å². The maximum atomic E-state index is 11.8. The third-order valence-corrected chi connectivity index (χ3v) is 3.59. The molecular weight excluding hydrogens is 278 g/mol. The van der Waals surface area contributed by atoms with E-state index in [0.717, 1.165) is 29.8 Å². The van der Waals surface area contributed by atoms with Crippen molar-refractivity contribution in [2.24, 2.45) is 0 Å². The van der Waals surface area contributed by atoms with Crippen LogP contribution in [-0.4, -0.2) is 12.6 Å². The van der Waals surface area contributed by atoms with Crippen LogP contribution in [0.2, 0.25) is 0 Å². The summed E-state index contributed by atoms with van der Waals surface area (Å²) in [5.74, 6) is 0.527. The molecule has 1 unspecified atom stereocenters. The standard InChI is InChI=1S/C18H19NO3/c1-2-3-11-21-14-8-6-7-13(12-14)19-17-15-9-4-5-10-16(15)18(20)22-17/h4-10,12,17,19H,2-3,11H2,1H3. The molecule has 4 nitrogen and oxygen atoms in total. The van der Waals surface area contributed by atoms with Crippen LogP contribution in [0.25, 0.3) is 0 Å². The topological polar surface area (TPSA) is 47.6 Å². The maximum Gasteiger partial charge on any atom is 0.340 e. The summed E-state index contributed by atoms with van der Waals surface area (Å²) >= 11 is 0. The van der Waals surface area contributed by atoms with Crippen molar-refractivity contribution in [3.8, 4) is 5.75 Å². The van der Waals surface area contributed by atoms with Gasteiger partial charge in [0.05, 0.1) is 12.2 Å². The molecule has 1 aliphatic heterocycles. The summed E-state index contributed by atoms with van der Waals surface area (Å²) in [6, 6.07) is 15.1. The van der Waals surface area contributed by atoms with E-state index in [4.69, 9.17) is 9.47 Å². The lowest BCUT2D eigenvalue weighted by atomic mass is 10.1. The number of carbonyl (C=O) groups excluding carboxylic acids is 1. The normalized spacial score (nSPS) is 16.0. The van der Waals surface area contributed by atoms with Gasteiger partial charge in [0, 0.05) is 17.3 Å². The van der Waals surface area contributed by atoms with Crippen molar-refractivity contribution in [1.82, 2.24) is 0 Å². The molecule has 0 bridgehead atoms. The molecule has 0 aliphatic carbocycles. The number of nitrogens with one attached hydrogen (secondary N) is 1. The molecule has 0 spiro atoms. The van der Waals surface area contributed by atoms with Gasteiger partial charge < -0.3 is 14.8 Å². The number of anilines is 1. The van der Waals surface area contributed by atoms with E-state index in [-0.39, 0.29) is 5.97 Å². The van der Waals surface area contributed by atoms with Crippen molar-refractivity contribution in [3.63, 3.8) is 0 Å². The van der Waals surface area contributed by atoms with E-state index in [1.807, 2.05) is 42.5 Å². The van der Waals surface area contributed by atoms with Gasteiger partial charge in [-0.1, -0.05) is 37.6 Å². The van der Waals surface area contributed by atoms with Crippen LogP contribution in [0.15, 0.2) is 48.5 Å². The van der Waals surface area contributed by atoms with Crippen molar-refractivity contribution in [2.45, 2.75) is 26.0 Å². The van der Waals surface area contributed by atoms with Crippen LogP contribution in [0, 0.1) is 0 Å². The SMILES string of the molecule is CCCCOc1cccc(NC2OC(=O)c3ccccc32)c1. The fourth-order valence-corrected chi connectivity index (χ4v) is 2.41. The molecule has 22 heavy (non-hydrogen) atoms. The summed E-state index contributed by atoms with van der Waals surface area (Å²) in [5, 5.41) is 3.24. The molecule has 1 aliphatic rings. The summed E-state index contributed by atoms with van der Waals surface area (Å²) < 4.78 is 11.1. The Labute approximate surface area is 130 Å². The smallest absolute Gasteiger partial charge is 0.340 e.